The van der Waals surface area contributed by atoms with Crippen LogP contribution in [0.4, 0.5) is 0 Å². The summed E-state index contributed by atoms with van der Waals surface area (Å²) in [5.41, 5.74) is 0. The fourth-order valence-corrected chi connectivity index (χ4v) is 1.82. The minimum atomic E-state index is -0.280. The van der Waals surface area contributed by atoms with Gasteiger partial charge < -0.3 is 14.8 Å². The van der Waals surface area contributed by atoms with Crippen molar-refractivity contribution in [3.63, 3.8) is 0 Å². The fourth-order valence-electron chi connectivity index (χ4n) is 1.82. The Kier molecular flexibility index (Phi) is 8.02. The van der Waals surface area contributed by atoms with Crippen LogP contribution in [0, 0.1) is 0 Å². The molecule has 0 aromatic heterocycles. The molecule has 1 N–H and O–H groups in total. The van der Waals surface area contributed by atoms with Gasteiger partial charge in [0.05, 0.1) is 19.3 Å². The highest BCUT2D eigenvalue weighted by Crippen LogP contribution is 2.29. The third kappa shape index (κ3) is 3.74. The molecule has 15 heavy (non-hydrogen) atoms. The summed E-state index contributed by atoms with van der Waals surface area (Å²) in [6.45, 7) is 12.8. The summed E-state index contributed by atoms with van der Waals surface area (Å²) >= 11 is 0. The molecule has 3 heteroatoms. The molecule has 2 heterocycles. The van der Waals surface area contributed by atoms with E-state index in [1.165, 1.54) is 0 Å². The first kappa shape index (κ1) is 14.9. The van der Waals surface area contributed by atoms with E-state index >= 15 is 0 Å². The number of ether oxygens (including phenoxy) is 2. The van der Waals surface area contributed by atoms with Gasteiger partial charge in [0.25, 0.3) is 0 Å². The van der Waals surface area contributed by atoms with E-state index in [4.69, 9.17) is 9.47 Å². The maximum Gasteiger partial charge on any atom is 0.184 e. The standard InChI is InChI=1S/C8H15NO2.2C2H6/c1-7-8(3-4-9-7)10-5-2-6-11-8;2*1-2/h7,9H,2-6H2,1H3;2*1-2H3. The zero-order chi connectivity index (χ0) is 11.7. The zero-order valence-electron chi connectivity index (χ0n) is 10.9. The van der Waals surface area contributed by atoms with Crippen LogP contribution >= 0.6 is 0 Å². The van der Waals surface area contributed by atoms with Crippen molar-refractivity contribution in [1.82, 2.24) is 5.32 Å². The summed E-state index contributed by atoms with van der Waals surface area (Å²) in [5.74, 6) is -0.280. The van der Waals surface area contributed by atoms with Gasteiger partial charge in [-0.3, -0.25) is 0 Å². The van der Waals surface area contributed by atoms with E-state index in [9.17, 15) is 0 Å². The third-order valence-electron chi connectivity index (χ3n) is 2.57. The highest BCUT2D eigenvalue weighted by atomic mass is 16.7. The smallest absolute Gasteiger partial charge is 0.184 e. The molecule has 0 aromatic carbocycles. The van der Waals surface area contributed by atoms with Gasteiger partial charge in [0, 0.05) is 13.0 Å². The van der Waals surface area contributed by atoms with Gasteiger partial charge in [-0.1, -0.05) is 27.7 Å². The number of hydrogen-bond acceptors (Lipinski definition) is 3. The Labute approximate surface area is 94.5 Å². The first-order chi connectivity index (χ1) is 7.33. The Morgan fingerprint density at radius 1 is 1.07 bits per heavy atom. The molecule has 2 rings (SSSR count). The van der Waals surface area contributed by atoms with Crippen LogP contribution in [0.3, 0.4) is 0 Å². The lowest BCUT2D eigenvalue weighted by molar-refractivity contribution is -0.267. The molecule has 1 atom stereocenters. The summed E-state index contributed by atoms with van der Waals surface area (Å²) in [4.78, 5) is 0. The Morgan fingerprint density at radius 2 is 1.60 bits per heavy atom. The van der Waals surface area contributed by atoms with Crippen LogP contribution in [0.1, 0.15) is 47.5 Å². The maximum atomic E-state index is 5.65. The topological polar surface area (TPSA) is 30.5 Å². The van der Waals surface area contributed by atoms with E-state index in [-0.39, 0.29) is 5.79 Å². The molecular formula is C12H27NO2. The zero-order valence-corrected chi connectivity index (χ0v) is 10.9. The number of hydrogen-bond donors (Lipinski definition) is 1. The largest absolute Gasteiger partial charge is 0.348 e. The van der Waals surface area contributed by atoms with Gasteiger partial charge in [0.15, 0.2) is 5.79 Å². The Morgan fingerprint density at radius 3 is 2.00 bits per heavy atom. The average Bonchev–Trinajstić information content (AvgIpc) is 2.67. The predicted molar refractivity (Wildman–Crippen MR) is 64.0 cm³/mol. The highest BCUT2D eigenvalue weighted by molar-refractivity contribution is 4.90. The van der Waals surface area contributed by atoms with Crippen LogP contribution in [0.25, 0.3) is 0 Å². The number of rotatable bonds is 0. The quantitative estimate of drug-likeness (QED) is 0.676. The minimum Gasteiger partial charge on any atom is -0.348 e. The predicted octanol–water partition coefficient (Wildman–Crippen LogP) is 2.55. The van der Waals surface area contributed by atoms with E-state index in [1.807, 2.05) is 27.7 Å². The van der Waals surface area contributed by atoms with Gasteiger partial charge in [-0.25, -0.2) is 0 Å². The second-order valence-corrected chi connectivity index (χ2v) is 3.29. The van der Waals surface area contributed by atoms with Crippen molar-refractivity contribution in [3.05, 3.63) is 0 Å². The molecule has 0 bridgehead atoms. The van der Waals surface area contributed by atoms with Crippen molar-refractivity contribution in [2.75, 3.05) is 19.8 Å². The molecule has 2 fully saturated rings. The van der Waals surface area contributed by atoms with Crippen LogP contribution in [0.2, 0.25) is 0 Å². The van der Waals surface area contributed by atoms with Gasteiger partial charge in [-0.05, 0) is 13.3 Å². The average molecular weight is 217 g/mol. The van der Waals surface area contributed by atoms with Crippen molar-refractivity contribution < 1.29 is 9.47 Å². The van der Waals surface area contributed by atoms with Crippen molar-refractivity contribution in [2.45, 2.75) is 59.3 Å². The molecule has 0 saturated carbocycles. The maximum absolute atomic E-state index is 5.65. The molecule has 92 valence electrons. The van der Waals surface area contributed by atoms with Crippen LogP contribution in [0.15, 0.2) is 0 Å². The van der Waals surface area contributed by atoms with Gasteiger partial charge >= 0.3 is 0 Å². The summed E-state index contributed by atoms with van der Waals surface area (Å²) < 4.78 is 11.3. The monoisotopic (exact) mass is 217 g/mol. The Balaban J connectivity index is 0.000000442. The lowest BCUT2D eigenvalue weighted by Crippen LogP contribution is -2.48. The third-order valence-corrected chi connectivity index (χ3v) is 2.57. The molecule has 2 aliphatic heterocycles. The Hall–Kier alpha value is -0.120. The molecule has 1 spiro atoms. The molecule has 0 aromatic rings. The SMILES string of the molecule is CC.CC.CC1NCCC12OCCCO2. The van der Waals surface area contributed by atoms with E-state index in [1.54, 1.807) is 0 Å². The summed E-state index contributed by atoms with van der Waals surface area (Å²) in [6, 6.07) is 0.350. The molecule has 1 unspecified atom stereocenters. The summed E-state index contributed by atoms with van der Waals surface area (Å²) in [5, 5.41) is 3.33. The normalized spacial score (nSPS) is 27.4. The van der Waals surface area contributed by atoms with Gasteiger partial charge in [0.2, 0.25) is 0 Å². The Bertz CT molecular complexity index is 145. The molecule has 0 aliphatic carbocycles. The summed E-state index contributed by atoms with van der Waals surface area (Å²) in [6.07, 6.45) is 2.03. The fraction of sp³-hybridized carbons (Fsp3) is 1.00. The van der Waals surface area contributed by atoms with Crippen molar-refractivity contribution in [2.24, 2.45) is 0 Å². The van der Waals surface area contributed by atoms with E-state index in [0.29, 0.717) is 6.04 Å². The molecule has 0 amide bonds. The second kappa shape index (κ2) is 8.08. The molecule has 2 aliphatic rings. The van der Waals surface area contributed by atoms with Gasteiger partial charge in [-0.15, -0.1) is 0 Å². The molecule has 2 saturated heterocycles. The highest BCUT2D eigenvalue weighted by Gasteiger charge is 2.43. The van der Waals surface area contributed by atoms with Crippen LogP contribution in [0.5, 0.6) is 0 Å². The minimum absolute atomic E-state index is 0.280. The van der Waals surface area contributed by atoms with E-state index in [0.717, 1.165) is 32.6 Å². The first-order valence-electron chi connectivity index (χ1n) is 6.35. The van der Waals surface area contributed by atoms with Crippen LogP contribution in [-0.4, -0.2) is 31.6 Å². The van der Waals surface area contributed by atoms with Crippen molar-refractivity contribution in [1.29, 1.82) is 0 Å². The van der Waals surface area contributed by atoms with E-state index < -0.39 is 0 Å². The van der Waals surface area contributed by atoms with E-state index in [2.05, 4.69) is 12.2 Å². The lowest BCUT2D eigenvalue weighted by Gasteiger charge is -2.36. The second-order valence-electron chi connectivity index (χ2n) is 3.29. The van der Waals surface area contributed by atoms with Gasteiger partial charge in [-0.2, -0.15) is 0 Å². The number of nitrogens with one attached hydrogen (secondary N) is 1. The van der Waals surface area contributed by atoms with Crippen molar-refractivity contribution in [3.8, 4) is 0 Å². The lowest BCUT2D eigenvalue weighted by atomic mass is 10.1. The molecule has 3 nitrogen and oxygen atoms in total. The molecular weight excluding hydrogens is 190 g/mol. The first-order valence-corrected chi connectivity index (χ1v) is 6.35. The summed E-state index contributed by atoms with van der Waals surface area (Å²) in [7, 11) is 0. The van der Waals surface area contributed by atoms with Crippen LogP contribution < -0.4 is 5.32 Å². The van der Waals surface area contributed by atoms with Gasteiger partial charge in [0.1, 0.15) is 0 Å². The van der Waals surface area contributed by atoms with Crippen LogP contribution in [-0.2, 0) is 9.47 Å². The van der Waals surface area contributed by atoms with Crippen molar-refractivity contribution >= 4 is 0 Å². The molecule has 0 radical (unpaired) electrons.